The fourth-order valence-corrected chi connectivity index (χ4v) is 3.19. The van der Waals surface area contributed by atoms with E-state index in [4.69, 9.17) is 0 Å². The second-order valence-electron chi connectivity index (χ2n) is 5.01. The molecule has 1 saturated heterocycles. The van der Waals surface area contributed by atoms with Crippen LogP contribution >= 0.6 is 11.3 Å². The van der Waals surface area contributed by atoms with Gasteiger partial charge in [0, 0.05) is 12.7 Å². The molecule has 0 bridgehead atoms. The van der Waals surface area contributed by atoms with Crippen molar-refractivity contribution < 1.29 is 4.79 Å². The van der Waals surface area contributed by atoms with E-state index in [0.717, 1.165) is 24.3 Å². The number of urea groups is 1. The van der Waals surface area contributed by atoms with Crippen molar-refractivity contribution in [3.63, 3.8) is 0 Å². The highest BCUT2D eigenvalue weighted by Crippen LogP contribution is 2.31. The maximum absolute atomic E-state index is 12.5. The zero-order valence-electron chi connectivity index (χ0n) is 11.6. The molecule has 112 valence electrons. The number of aromatic nitrogens is 5. The summed E-state index contributed by atoms with van der Waals surface area (Å²) in [6, 6.07) is 5.50. The van der Waals surface area contributed by atoms with E-state index in [1.54, 1.807) is 10.4 Å². The van der Waals surface area contributed by atoms with Crippen molar-refractivity contribution >= 4 is 28.1 Å². The van der Waals surface area contributed by atoms with Crippen molar-refractivity contribution in [2.24, 2.45) is 0 Å². The van der Waals surface area contributed by atoms with Gasteiger partial charge in [0.05, 0.1) is 6.04 Å². The Labute approximate surface area is 129 Å². The molecule has 1 aliphatic rings. The van der Waals surface area contributed by atoms with E-state index in [-0.39, 0.29) is 12.1 Å². The van der Waals surface area contributed by atoms with Gasteiger partial charge in [-0.25, -0.2) is 4.79 Å². The lowest BCUT2D eigenvalue weighted by molar-refractivity contribution is 0.204. The third kappa shape index (κ3) is 2.19. The molecule has 1 atom stereocenters. The molecule has 0 spiro atoms. The Kier molecular flexibility index (Phi) is 3.19. The van der Waals surface area contributed by atoms with Crippen LogP contribution in [0.2, 0.25) is 0 Å². The number of carbonyl (C=O) groups is 1. The zero-order chi connectivity index (χ0) is 14.9. The number of amides is 2. The fraction of sp³-hybridized carbons (Fsp3) is 0.308. The molecule has 0 radical (unpaired) electrons. The average molecular weight is 315 g/mol. The summed E-state index contributed by atoms with van der Waals surface area (Å²) in [5, 5.41) is 19.3. The zero-order valence-corrected chi connectivity index (χ0v) is 12.4. The number of carbonyl (C=O) groups excluding carboxylic acids is 1. The van der Waals surface area contributed by atoms with Crippen LogP contribution in [0.25, 0.3) is 5.65 Å². The lowest BCUT2D eigenvalue weighted by Gasteiger charge is -2.23. The number of hydrogen-bond donors (Lipinski definition) is 1. The van der Waals surface area contributed by atoms with Crippen molar-refractivity contribution in [3.8, 4) is 0 Å². The molecule has 4 rings (SSSR count). The maximum atomic E-state index is 12.5. The molecule has 3 aromatic rings. The monoisotopic (exact) mass is 315 g/mol. The molecule has 0 aliphatic carbocycles. The molecule has 2 amide bonds. The van der Waals surface area contributed by atoms with Crippen molar-refractivity contribution in [3.05, 3.63) is 35.7 Å². The molecule has 0 saturated carbocycles. The van der Waals surface area contributed by atoms with Crippen molar-refractivity contribution in [1.29, 1.82) is 0 Å². The van der Waals surface area contributed by atoms with Gasteiger partial charge in [-0.2, -0.15) is 0 Å². The van der Waals surface area contributed by atoms with E-state index in [1.165, 1.54) is 11.3 Å². The van der Waals surface area contributed by atoms with Crippen LogP contribution in [0.4, 0.5) is 9.93 Å². The van der Waals surface area contributed by atoms with Crippen LogP contribution in [0.5, 0.6) is 0 Å². The van der Waals surface area contributed by atoms with Crippen molar-refractivity contribution in [2.75, 3.05) is 11.9 Å². The number of nitrogens with one attached hydrogen (secondary N) is 1. The summed E-state index contributed by atoms with van der Waals surface area (Å²) in [6.45, 7) is 0.692. The molecular weight excluding hydrogens is 302 g/mol. The summed E-state index contributed by atoms with van der Waals surface area (Å²) in [4.78, 5) is 14.2. The Morgan fingerprint density at radius 2 is 2.27 bits per heavy atom. The first-order chi connectivity index (χ1) is 10.8. The first-order valence-electron chi connectivity index (χ1n) is 6.96. The molecule has 1 aliphatic heterocycles. The lowest BCUT2D eigenvalue weighted by atomic mass is 10.2. The van der Waals surface area contributed by atoms with Crippen LogP contribution in [0.1, 0.15) is 24.7 Å². The van der Waals surface area contributed by atoms with Gasteiger partial charge < -0.3 is 4.90 Å². The van der Waals surface area contributed by atoms with E-state index in [2.05, 4.69) is 25.7 Å². The number of pyridine rings is 1. The fourth-order valence-electron chi connectivity index (χ4n) is 2.76. The number of nitrogens with zero attached hydrogens (tertiary/aromatic N) is 6. The highest BCUT2D eigenvalue weighted by molar-refractivity contribution is 7.13. The lowest BCUT2D eigenvalue weighted by Crippen LogP contribution is -2.35. The molecule has 1 N–H and O–H groups in total. The second kappa shape index (κ2) is 5.34. The van der Waals surface area contributed by atoms with Gasteiger partial charge in [-0.1, -0.05) is 17.4 Å². The molecule has 8 nitrogen and oxygen atoms in total. The summed E-state index contributed by atoms with van der Waals surface area (Å²) < 4.78 is 1.93. The summed E-state index contributed by atoms with van der Waals surface area (Å²) in [5.74, 6) is 0.792. The van der Waals surface area contributed by atoms with E-state index < -0.39 is 0 Å². The molecule has 0 unspecified atom stereocenters. The third-order valence-electron chi connectivity index (χ3n) is 3.73. The normalized spacial score (nSPS) is 18.0. The first-order valence-corrected chi connectivity index (χ1v) is 7.84. The quantitative estimate of drug-likeness (QED) is 0.781. The largest absolute Gasteiger partial charge is 0.324 e. The van der Waals surface area contributed by atoms with E-state index >= 15 is 0 Å². The molecule has 9 heteroatoms. The average Bonchev–Trinajstić information content (AvgIpc) is 3.26. The summed E-state index contributed by atoms with van der Waals surface area (Å²) in [7, 11) is 0. The molecule has 0 aromatic carbocycles. The Morgan fingerprint density at radius 3 is 3.14 bits per heavy atom. The van der Waals surface area contributed by atoms with Gasteiger partial charge in [0.2, 0.25) is 5.13 Å². The Morgan fingerprint density at radius 1 is 1.32 bits per heavy atom. The topological polar surface area (TPSA) is 88.3 Å². The van der Waals surface area contributed by atoms with Crippen molar-refractivity contribution in [2.45, 2.75) is 18.9 Å². The minimum Gasteiger partial charge on any atom is -0.314 e. The predicted octanol–water partition coefficient (Wildman–Crippen LogP) is 1.95. The smallest absolute Gasteiger partial charge is 0.314 e. The minimum atomic E-state index is -0.174. The number of anilines is 1. The standard InChI is InChI=1S/C13H13N7OS/c21-13(15-12-18-14-8-22-12)19-7-3-4-9(19)11-17-16-10-5-1-2-6-20(10)11/h1-2,5-6,8-9H,3-4,7H2,(H,15,18,21)/t9-/m0/s1. The molecule has 4 heterocycles. The Bertz CT molecular complexity index is 800. The highest BCUT2D eigenvalue weighted by atomic mass is 32.1. The van der Waals surface area contributed by atoms with Gasteiger partial charge in [0.15, 0.2) is 11.5 Å². The summed E-state index contributed by atoms with van der Waals surface area (Å²) >= 11 is 1.30. The SMILES string of the molecule is O=C(Nc1nncs1)N1CCC[C@H]1c1nnc2ccccn12. The van der Waals surface area contributed by atoms with Gasteiger partial charge in [0.1, 0.15) is 5.51 Å². The minimum absolute atomic E-state index is 0.0784. The Hall–Kier alpha value is -2.55. The summed E-state index contributed by atoms with van der Waals surface area (Å²) in [6.07, 6.45) is 3.74. The van der Waals surface area contributed by atoms with Gasteiger partial charge in [-0.05, 0) is 25.0 Å². The third-order valence-corrected chi connectivity index (χ3v) is 4.33. The molecular formula is C13H13N7OS. The van der Waals surface area contributed by atoms with Crippen LogP contribution in [-0.2, 0) is 0 Å². The van der Waals surface area contributed by atoms with Gasteiger partial charge in [0.25, 0.3) is 0 Å². The van der Waals surface area contributed by atoms with E-state index in [0.29, 0.717) is 11.7 Å². The predicted molar refractivity (Wildman–Crippen MR) is 80.6 cm³/mol. The van der Waals surface area contributed by atoms with Gasteiger partial charge in [-0.3, -0.25) is 9.72 Å². The van der Waals surface area contributed by atoms with Crippen LogP contribution < -0.4 is 5.32 Å². The first kappa shape index (κ1) is 13.1. The summed E-state index contributed by atoms with van der Waals surface area (Å²) in [5.41, 5.74) is 2.37. The number of hydrogen-bond acceptors (Lipinski definition) is 6. The van der Waals surface area contributed by atoms with Crippen molar-refractivity contribution in [1.82, 2.24) is 29.7 Å². The molecule has 22 heavy (non-hydrogen) atoms. The molecule has 3 aromatic heterocycles. The second-order valence-corrected chi connectivity index (χ2v) is 5.85. The highest BCUT2D eigenvalue weighted by Gasteiger charge is 2.33. The van der Waals surface area contributed by atoms with Crippen LogP contribution in [0.3, 0.4) is 0 Å². The van der Waals surface area contributed by atoms with Gasteiger partial charge >= 0.3 is 6.03 Å². The van der Waals surface area contributed by atoms with Crippen LogP contribution in [-0.4, -0.2) is 42.3 Å². The Balaban J connectivity index is 1.62. The number of likely N-dealkylation sites (tertiary alicyclic amines) is 1. The van der Waals surface area contributed by atoms with E-state index in [9.17, 15) is 4.79 Å². The van der Waals surface area contributed by atoms with Crippen LogP contribution in [0, 0.1) is 0 Å². The number of fused-ring (bicyclic) bond motifs is 1. The van der Waals surface area contributed by atoms with Gasteiger partial charge in [-0.15, -0.1) is 20.4 Å². The number of rotatable bonds is 2. The van der Waals surface area contributed by atoms with Crippen LogP contribution in [0.15, 0.2) is 29.9 Å². The maximum Gasteiger partial charge on any atom is 0.324 e. The van der Waals surface area contributed by atoms with E-state index in [1.807, 2.05) is 28.8 Å². The molecule has 1 fully saturated rings.